The van der Waals surface area contributed by atoms with Gasteiger partial charge in [0.1, 0.15) is 78.7 Å². The van der Waals surface area contributed by atoms with Gasteiger partial charge in [-0.25, -0.2) is 4.98 Å². The number of aromatic amines is 3. The number of nitrogens with one attached hydrogen (secondary N) is 18. The molecule has 3 aliphatic rings. The number of carbonyl (C=O) groups excluding carboxylic acids is 16. The summed E-state index contributed by atoms with van der Waals surface area (Å²) >= 11 is 0.819. The van der Waals surface area contributed by atoms with Crippen molar-refractivity contribution in [3.63, 3.8) is 0 Å². The second-order valence-corrected chi connectivity index (χ2v) is 36.5. The van der Waals surface area contributed by atoms with Gasteiger partial charge in [-0.2, -0.15) is 0 Å². The topological polar surface area (TPSA) is 695 Å². The summed E-state index contributed by atoms with van der Waals surface area (Å²) in [6.07, 6.45) is 11.4. The highest BCUT2D eigenvalue weighted by Gasteiger charge is 2.44. The second-order valence-electron chi connectivity index (χ2n) is 35.5. The number of aliphatic hydroxyl groups is 2. The number of H-pyrrole nitrogens is 3. The first-order valence-electron chi connectivity index (χ1n) is 46.8. The number of unbranched alkanes of at least 4 members (excludes halogenated alkanes) is 2. The van der Waals surface area contributed by atoms with E-state index in [1.165, 1.54) is 56.5 Å². The zero-order chi connectivity index (χ0) is 102. The van der Waals surface area contributed by atoms with Crippen LogP contribution in [-0.4, -0.2) is 312 Å². The van der Waals surface area contributed by atoms with Crippen LogP contribution in [0.15, 0.2) is 109 Å². The molecule has 5 aromatic rings. The number of benzene rings is 2. The van der Waals surface area contributed by atoms with Gasteiger partial charge in [0.05, 0.1) is 43.7 Å². The van der Waals surface area contributed by atoms with Crippen molar-refractivity contribution in [1.82, 2.24) is 109 Å². The van der Waals surface area contributed by atoms with Crippen molar-refractivity contribution in [2.24, 2.45) is 28.9 Å². The van der Waals surface area contributed by atoms with E-state index in [-0.39, 0.29) is 108 Å². The van der Waals surface area contributed by atoms with Crippen LogP contribution in [0, 0.1) is 16.7 Å². The third kappa shape index (κ3) is 33.3. The average molecular weight is 1950 g/mol. The third-order valence-corrected chi connectivity index (χ3v) is 25.5. The lowest BCUT2D eigenvalue weighted by Gasteiger charge is -2.36. The lowest BCUT2D eigenvalue weighted by molar-refractivity contribution is -0.149. The van der Waals surface area contributed by atoms with Crippen LogP contribution in [0.1, 0.15) is 155 Å². The zero-order valence-corrected chi connectivity index (χ0v) is 80.8. The largest absolute Gasteiger partial charge is 0.394 e. The number of para-hydroxylation sites is 2. The molecule has 0 radical (unpaired) electrons. The van der Waals surface area contributed by atoms with Gasteiger partial charge in [-0.3, -0.25) is 92.8 Å². The minimum Gasteiger partial charge on any atom is -0.394 e. The van der Waals surface area contributed by atoms with Gasteiger partial charge < -0.3 is 132 Å². The molecular formula is C93H137N27O18S. The fraction of sp³-hybridized carbons (Fsp3) is 0.538. The van der Waals surface area contributed by atoms with Crippen LogP contribution in [0.25, 0.3) is 21.8 Å². The Labute approximate surface area is 810 Å². The lowest BCUT2D eigenvalue weighted by Crippen LogP contribution is -2.62. The quantitative estimate of drug-likeness (QED) is 0.0102. The number of aromatic nitrogens is 4. The molecule has 2 aliphatic heterocycles. The normalized spacial score (nSPS) is 24.9. The molecule has 0 spiro atoms. The average Bonchev–Trinajstić information content (AvgIpc) is 1.79. The highest BCUT2D eigenvalue weighted by atomic mass is 32.2. The van der Waals surface area contributed by atoms with Gasteiger partial charge in [0.15, 0.2) is 11.9 Å². The Morgan fingerprint density at radius 1 is 0.568 bits per heavy atom. The summed E-state index contributed by atoms with van der Waals surface area (Å²) in [6, 6.07) is -7.43. The molecule has 2 unspecified atom stereocenters. The molecule has 2 aromatic carbocycles. The highest BCUT2D eigenvalue weighted by Crippen LogP contribution is 2.27. The summed E-state index contributed by atoms with van der Waals surface area (Å²) in [5.41, 5.74) is 26.3. The Balaban J connectivity index is 1.22. The molecule has 46 heteroatoms. The number of hydrogen-bond acceptors (Lipinski definition) is 23. The number of nitrogens with zero attached hydrogens (tertiary/aromatic N) is 5. The number of guanidine groups is 2. The van der Waals surface area contributed by atoms with Gasteiger partial charge in [-0.1, -0.05) is 113 Å². The molecular weight excluding hydrogens is 1820 g/mol. The number of carbonyl (C=O) groups is 16. The van der Waals surface area contributed by atoms with Crippen LogP contribution in [-0.2, 0) is 96.0 Å². The Morgan fingerprint density at radius 3 is 1.71 bits per heavy atom. The number of hydrogen-bond donors (Lipinski definition) is 24. The Bertz CT molecular complexity index is 5250. The van der Waals surface area contributed by atoms with E-state index >= 15 is 33.6 Å². The number of nitrogens with two attached hydrogens (primary N) is 4. The molecule has 139 heavy (non-hydrogen) atoms. The predicted molar refractivity (Wildman–Crippen MR) is 520 cm³/mol. The zero-order valence-electron chi connectivity index (χ0n) is 80.0. The maximum atomic E-state index is 16.0. The van der Waals surface area contributed by atoms with E-state index in [4.69, 9.17) is 33.8 Å². The first-order chi connectivity index (χ1) is 66.2. The third-order valence-electron chi connectivity index (χ3n) is 24.4. The molecule has 3 aromatic heterocycles. The monoisotopic (exact) mass is 1950 g/mol. The first-order valence-corrected chi connectivity index (χ1v) is 47.9. The van der Waals surface area contributed by atoms with Crippen molar-refractivity contribution in [3.05, 3.63) is 126 Å². The van der Waals surface area contributed by atoms with Crippen LogP contribution in [0.3, 0.4) is 0 Å². The molecule has 45 nitrogen and oxygen atoms in total. The van der Waals surface area contributed by atoms with E-state index in [1.54, 1.807) is 80.8 Å². The number of aliphatic hydroxyl groups excluding tert-OH is 2. The smallest absolute Gasteiger partial charge is 0.247 e. The van der Waals surface area contributed by atoms with E-state index in [0.717, 1.165) is 21.6 Å². The summed E-state index contributed by atoms with van der Waals surface area (Å²) in [4.78, 5) is 254. The number of primary amides is 2. The van der Waals surface area contributed by atoms with Gasteiger partial charge in [-0.05, 0) is 113 Å². The van der Waals surface area contributed by atoms with Crippen molar-refractivity contribution in [2.45, 2.75) is 248 Å². The maximum absolute atomic E-state index is 16.0. The van der Waals surface area contributed by atoms with Crippen LogP contribution < -0.4 is 92.1 Å². The number of imidazole rings is 1. The van der Waals surface area contributed by atoms with Crippen molar-refractivity contribution in [3.8, 4) is 0 Å². The van der Waals surface area contributed by atoms with E-state index in [1.807, 2.05) is 32.9 Å². The molecule has 1 aliphatic carbocycles. The Morgan fingerprint density at radius 2 is 1.12 bits per heavy atom. The number of allylic oxidation sites excluding steroid dienone is 4. The summed E-state index contributed by atoms with van der Waals surface area (Å²) in [7, 11) is 4.02. The van der Waals surface area contributed by atoms with Gasteiger partial charge in [0, 0.05) is 118 Å². The summed E-state index contributed by atoms with van der Waals surface area (Å²) in [5.74, 6) is -16.4. The number of amides is 16. The molecule has 8 rings (SSSR count). The molecule has 28 N–H and O–H groups in total. The highest BCUT2D eigenvalue weighted by molar-refractivity contribution is 8.00. The van der Waals surface area contributed by atoms with Crippen LogP contribution in [0.2, 0.25) is 0 Å². The predicted octanol–water partition coefficient (Wildman–Crippen LogP) is -2.47. The number of rotatable bonds is 29. The van der Waals surface area contributed by atoms with Gasteiger partial charge >= 0.3 is 0 Å². The van der Waals surface area contributed by atoms with Crippen molar-refractivity contribution < 1.29 is 86.9 Å². The molecule has 0 bridgehead atoms. The number of fused-ring (bicyclic) bond motifs is 3. The fourth-order valence-corrected chi connectivity index (χ4v) is 17.4. The van der Waals surface area contributed by atoms with Crippen LogP contribution >= 0.6 is 11.8 Å². The van der Waals surface area contributed by atoms with Crippen LogP contribution in [0.4, 0.5) is 0 Å². The molecule has 5 heterocycles. The van der Waals surface area contributed by atoms with E-state index in [2.05, 4.69) is 89.1 Å². The Hall–Kier alpha value is -13.8. The van der Waals surface area contributed by atoms with E-state index < -0.39 is 223 Å². The summed E-state index contributed by atoms with van der Waals surface area (Å²) in [6.45, 7) is 8.31. The molecule has 2 fully saturated rings. The Kier molecular flexibility index (Phi) is 43.3. The molecule has 0 saturated carbocycles. The van der Waals surface area contributed by atoms with Gasteiger partial charge in [0.2, 0.25) is 94.5 Å². The van der Waals surface area contributed by atoms with Crippen molar-refractivity contribution in [2.75, 3.05) is 65.4 Å². The fourth-order valence-electron chi connectivity index (χ4n) is 16.6. The molecule has 16 atom stereocenters. The minimum absolute atomic E-state index is 0.00467. The van der Waals surface area contributed by atoms with Crippen molar-refractivity contribution in [1.29, 1.82) is 10.8 Å². The number of thioether (sulfide) groups is 1. The van der Waals surface area contributed by atoms with Crippen molar-refractivity contribution >= 4 is 140 Å². The lowest BCUT2D eigenvalue weighted by atomic mass is 9.94. The molecule has 758 valence electrons. The van der Waals surface area contributed by atoms with E-state index in [9.17, 15) is 53.4 Å². The minimum atomic E-state index is -1.92. The van der Waals surface area contributed by atoms with Gasteiger partial charge in [0.25, 0.3) is 0 Å². The number of likely N-dealkylation sites (N-methyl/N-ethyl adjacent to an activating group) is 3. The standard InChI is InChI=1S/C93H137N27O18S/c1-10-12-27-72-86(133)111-64(37-51(3)4)82(129)116-71(79(126)105-46-76(95)123)48-139-49-77(124)107-67(38-54-32-30-52(5)31-33-54)88(135)117(7)53(6)78(125)113-69(42-75(94)122)90(137)120-36-20-29-73(120)87(134)112-66(41-57-45-100-50-106-57)84(131)109-63(26-19-35-102-93(98)99)81(128)115-70(47-121)85(132)110-65(39-55-43-103-60-23-16-14-21-58(55)60)83(130)108-62(25-18-34-101-92(96)97)80(127)114-68(40-56-44-104-61-24-17-15-22-59(56)61)89(136)119(9)74(28-13-11-2)91(138)118(72)8/h14-17,21-24,30,32-33,37,43-45,50,52-53,62-74,84,103-104,109,121,131H,10-13,18-20,25-29,31,34-36,38-42,46-49H2,1-9H3,(H2,94,122)(H2,95,123)(H,100,106)(H,105,126)(H,107,124)(H,108,130)(H,110,132)(H,111,133)(H,112,134)(H,113,125)(H,114,127)(H,115,128)(H,116,129)(H4,96,97,101)(H4,98,99,102)/t52?,53-,62-,63-,64-,65-,66-,67-,68-,69-,70-,71-,72-,73-,74-,84?/m0/s1. The second kappa shape index (κ2) is 54.4. The van der Waals surface area contributed by atoms with Gasteiger partial charge in [-0.15, -0.1) is 11.8 Å². The van der Waals surface area contributed by atoms with E-state index in [0.29, 0.717) is 81.9 Å². The van der Waals surface area contributed by atoms with Crippen LogP contribution in [0.5, 0.6) is 0 Å². The molecule has 16 amide bonds. The molecule has 2 saturated heterocycles. The maximum Gasteiger partial charge on any atom is 0.247 e. The summed E-state index contributed by atoms with van der Waals surface area (Å²) in [5, 5.41) is 75.6. The SMILES string of the molecule is CCCC[C@H]1C(=O)N(C)[C@@H](CCCC)C(=O)N[C@@H](C=C(C)C)C(=O)N[C@H](C(=O)NCC(N)=O)CSCC(=O)N[C@@H](CC2=CCC(C)C=C2)C(=O)N(C)[C@@H](C)C(=O)N[C@@H](CC(N)=O)C(=O)N2CCC[C@H]2C(=O)N[C@@H](Cc2cnc[nH]2)C(O)N[C@@H](CCCNC(=N)N)C(=O)N[C@@H](CO)C(=O)N[C@@H](Cc2c[nH]c3ccccc23)C(=O)N[C@@H](CCCNC(=N)N)C(=O)N[C@@H](Cc2c[nH]c3ccccc23)C(=O)N1C. The first kappa shape index (κ1) is 111. The summed E-state index contributed by atoms with van der Waals surface area (Å²) < 4.78 is 0.